The normalized spacial score (nSPS) is 20.1. The molecular weight excluding hydrogens is 570 g/mol. The Morgan fingerprint density at radius 1 is 1.18 bits per heavy atom. The highest BCUT2D eigenvalue weighted by atomic mass is 16.7. The predicted octanol–water partition coefficient (Wildman–Crippen LogP) is 5.92. The number of anilines is 1. The van der Waals surface area contributed by atoms with Crippen LogP contribution in [0.2, 0.25) is 0 Å². The molecule has 1 saturated heterocycles. The van der Waals surface area contributed by atoms with E-state index in [1.807, 2.05) is 42.2 Å². The maximum atomic E-state index is 14.3. The van der Waals surface area contributed by atoms with Crippen molar-refractivity contribution in [1.82, 2.24) is 4.90 Å². The number of benzene rings is 2. The standard InChI is InChI=1S/C36H51N3O6/c1-9-11-16-38(27-14-12-13-25(17-27)23-39(5,6)7)32(40)22-37-21-28(26-18-30(43-8)34-31(19-26)44-24-45-34)33(35(41)42)29(37)20-36(3,4)15-10-2/h10,12-15,17-19,28-29,33H,9,11,16,20-24H2,1-8H3/p+1/b15-10+. The van der Waals surface area contributed by atoms with E-state index in [0.29, 0.717) is 36.8 Å². The Morgan fingerprint density at radius 3 is 2.58 bits per heavy atom. The van der Waals surface area contributed by atoms with Crippen LogP contribution >= 0.6 is 0 Å². The second-order valence-corrected chi connectivity index (χ2v) is 14.1. The van der Waals surface area contributed by atoms with Gasteiger partial charge in [0.2, 0.25) is 18.4 Å². The highest BCUT2D eigenvalue weighted by molar-refractivity contribution is 5.95. The van der Waals surface area contributed by atoms with E-state index in [-0.39, 0.29) is 36.6 Å². The molecule has 0 bridgehead atoms. The average molecular weight is 623 g/mol. The Hall–Kier alpha value is -3.56. The maximum absolute atomic E-state index is 14.3. The summed E-state index contributed by atoms with van der Waals surface area (Å²) in [5, 5.41) is 10.7. The molecule has 4 rings (SSSR count). The lowest BCUT2D eigenvalue weighted by Crippen LogP contribution is -2.45. The van der Waals surface area contributed by atoms with Crippen LogP contribution in [0, 0.1) is 11.3 Å². The summed E-state index contributed by atoms with van der Waals surface area (Å²) in [6.07, 6.45) is 6.56. The number of hydrogen-bond donors (Lipinski definition) is 1. The lowest BCUT2D eigenvalue weighted by Gasteiger charge is -2.34. The summed E-state index contributed by atoms with van der Waals surface area (Å²) in [5.74, 6) is -0.400. The quantitative estimate of drug-likeness (QED) is 0.207. The van der Waals surface area contributed by atoms with Crippen molar-refractivity contribution in [3.63, 3.8) is 0 Å². The first-order valence-electron chi connectivity index (χ1n) is 16.0. The molecule has 1 N–H and O–H groups in total. The van der Waals surface area contributed by atoms with Gasteiger partial charge in [0.25, 0.3) is 0 Å². The zero-order valence-corrected chi connectivity index (χ0v) is 28.3. The molecule has 0 saturated carbocycles. The molecule has 2 heterocycles. The number of fused-ring (bicyclic) bond motifs is 1. The zero-order valence-electron chi connectivity index (χ0n) is 28.3. The number of allylic oxidation sites excluding steroid dienone is 2. The third-order valence-corrected chi connectivity index (χ3v) is 8.75. The zero-order chi connectivity index (χ0) is 32.9. The molecule has 3 unspecified atom stereocenters. The van der Waals surface area contributed by atoms with Gasteiger partial charge in [0.05, 0.1) is 40.7 Å². The van der Waals surface area contributed by atoms with Gasteiger partial charge in [0, 0.05) is 36.3 Å². The first kappa shape index (κ1) is 34.3. The molecule has 0 radical (unpaired) electrons. The molecule has 45 heavy (non-hydrogen) atoms. The number of carboxylic acid groups (broad SMARTS) is 1. The molecule has 0 aliphatic carbocycles. The highest BCUT2D eigenvalue weighted by Crippen LogP contribution is 2.48. The van der Waals surface area contributed by atoms with Gasteiger partial charge in [-0.2, -0.15) is 0 Å². The minimum absolute atomic E-state index is 0.0206. The molecule has 0 aromatic heterocycles. The molecule has 2 aliphatic rings. The van der Waals surface area contributed by atoms with Crippen LogP contribution in [0.4, 0.5) is 5.69 Å². The number of hydrogen-bond acceptors (Lipinski definition) is 6. The fourth-order valence-electron chi connectivity index (χ4n) is 6.85. The number of carbonyl (C=O) groups excluding carboxylic acids is 1. The molecule has 246 valence electrons. The molecule has 0 spiro atoms. The Labute approximate surface area is 268 Å². The van der Waals surface area contributed by atoms with Crippen molar-refractivity contribution >= 4 is 17.6 Å². The number of nitrogens with zero attached hydrogens (tertiary/aromatic N) is 3. The smallest absolute Gasteiger partial charge is 0.308 e. The van der Waals surface area contributed by atoms with Crippen molar-refractivity contribution in [3.8, 4) is 17.2 Å². The van der Waals surface area contributed by atoms with E-state index in [9.17, 15) is 14.7 Å². The third-order valence-electron chi connectivity index (χ3n) is 8.75. The number of rotatable bonds is 14. The highest BCUT2D eigenvalue weighted by Gasteiger charge is 2.49. The summed E-state index contributed by atoms with van der Waals surface area (Å²) in [7, 11) is 8.03. The second-order valence-electron chi connectivity index (χ2n) is 14.1. The largest absolute Gasteiger partial charge is 0.493 e. The van der Waals surface area contributed by atoms with Gasteiger partial charge in [-0.25, -0.2) is 0 Å². The van der Waals surface area contributed by atoms with E-state index in [4.69, 9.17) is 14.2 Å². The number of unbranched alkanes of at least 4 members (excludes halogenated alkanes) is 1. The van der Waals surface area contributed by atoms with Crippen LogP contribution < -0.4 is 19.1 Å². The van der Waals surface area contributed by atoms with Crippen molar-refractivity contribution in [2.75, 3.05) is 59.6 Å². The van der Waals surface area contributed by atoms with E-state index in [2.05, 4.69) is 65.0 Å². The summed E-state index contributed by atoms with van der Waals surface area (Å²) >= 11 is 0. The van der Waals surface area contributed by atoms with Gasteiger partial charge in [-0.05, 0) is 55.0 Å². The van der Waals surface area contributed by atoms with Crippen LogP contribution in [0.25, 0.3) is 0 Å². The van der Waals surface area contributed by atoms with Crippen LogP contribution in [0.5, 0.6) is 17.2 Å². The lowest BCUT2D eigenvalue weighted by atomic mass is 9.77. The van der Waals surface area contributed by atoms with Gasteiger partial charge in [-0.1, -0.05) is 51.5 Å². The summed E-state index contributed by atoms with van der Waals surface area (Å²) < 4.78 is 17.7. The van der Waals surface area contributed by atoms with Crippen molar-refractivity contribution in [2.45, 2.75) is 65.5 Å². The molecule has 2 aliphatic heterocycles. The number of ether oxygens (including phenoxy) is 3. The van der Waals surface area contributed by atoms with Crippen LogP contribution in [0.3, 0.4) is 0 Å². The Kier molecular flexibility index (Phi) is 10.9. The first-order valence-corrected chi connectivity index (χ1v) is 16.0. The minimum atomic E-state index is -0.872. The Balaban J connectivity index is 1.71. The Morgan fingerprint density at radius 2 is 1.93 bits per heavy atom. The molecule has 9 heteroatoms. The second kappa shape index (κ2) is 14.3. The number of aliphatic carboxylic acids is 1. The molecule has 1 fully saturated rings. The van der Waals surface area contributed by atoms with E-state index >= 15 is 0 Å². The summed E-state index contributed by atoms with van der Waals surface area (Å²) in [6.45, 7) is 10.4. The number of likely N-dealkylation sites (tertiary alicyclic amines) is 1. The van der Waals surface area contributed by atoms with E-state index < -0.39 is 11.9 Å². The number of quaternary nitrogens is 1. The van der Waals surface area contributed by atoms with Crippen LogP contribution in [0.15, 0.2) is 48.6 Å². The molecule has 9 nitrogen and oxygen atoms in total. The van der Waals surface area contributed by atoms with E-state index in [0.717, 1.165) is 35.1 Å². The monoisotopic (exact) mass is 622 g/mol. The van der Waals surface area contributed by atoms with Gasteiger partial charge in [-0.15, -0.1) is 0 Å². The Bertz CT molecular complexity index is 1380. The van der Waals surface area contributed by atoms with Gasteiger partial charge >= 0.3 is 5.97 Å². The summed E-state index contributed by atoms with van der Waals surface area (Å²) in [6, 6.07) is 11.6. The van der Waals surface area contributed by atoms with Gasteiger partial charge in [0.1, 0.15) is 6.54 Å². The summed E-state index contributed by atoms with van der Waals surface area (Å²) in [5.41, 5.74) is 2.60. The van der Waals surface area contributed by atoms with E-state index in [1.54, 1.807) is 7.11 Å². The average Bonchev–Trinajstić information content (AvgIpc) is 3.56. The lowest BCUT2D eigenvalue weighted by molar-refractivity contribution is -0.884. The van der Waals surface area contributed by atoms with Gasteiger partial charge in [-0.3, -0.25) is 14.5 Å². The van der Waals surface area contributed by atoms with Crippen molar-refractivity contribution < 1.29 is 33.4 Å². The minimum Gasteiger partial charge on any atom is -0.493 e. The van der Waals surface area contributed by atoms with E-state index in [1.165, 1.54) is 5.56 Å². The fourth-order valence-corrected chi connectivity index (χ4v) is 6.85. The van der Waals surface area contributed by atoms with Crippen LogP contribution in [-0.4, -0.2) is 87.1 Å². The summed E-state index contributed by atoms with van der Waals surface area (Å²) in [4.78, 5) is 31.3. The molecule has 2 aromatic carbocycles. The van der Waals surface area contributed by atoms with Crippen molar-refractivity contribution in [1.29, 1.82) is 0 Å². The topological polar surface area (TPSA) is 88.5 Å². The fraction of sp³-hybridized carbons (Fsp3) is 0.556. The number of methoxy groups -OCH3 is 1. The van der Waals surface area contributed by atoms with Gasteiger partial charge in [0.15, 0.2) is 11.5 Å². The molecule has 3 atom stereocenters. The molecule has 2 aromatic rings. The van der Waals surface area contributed by atoms with Crippen LogP contribution in [0.1, 0.15) is 64.0 Å². The van der Waals surface area contributed by atoms with Crippen molar-refractivity contribution in [3.05, 3.63) is 59.7 Å². The SMILES string of the molecule is C/C=C/C(C)(C)CC1C(C(=O)O)C(c2cc(OC)c3c(c2)OCO3)CN1CC(=O)N(CCCC)c1cccc(C[N+](C)(C)C)c1. The number of carboxylic acids is 1. The number of carbonyl (C=O) groups is 2. The maximum Gasteiger partial charge on any atom is 0.308 e. The third kappa shape index (κ3) is 8.38. The first-order chi connectivity index (χ1) is 21.3. The van der Waals surface area contributed by atoms with Crippen molar-refractivity contribution in [2.24, 2.45) is 11.3 Å². The predicted molar refractivity (Wildman–Crippen MR) is 177 cm³/mol. The number of amides is 1. The molecular formula is C36H52N3O6+. The van der Waals surface area contributed by atoms with Crippen LogP contribution in [-0.2, 0) is 16.1 Å². The van der Waals surface area contributed by atoms with Gasteiger partial charge < -0.3 is 28.7 Å². The molecule has 1 amide bonds.